The molecule has 2 aromatic rings. The van der Waals surface area contributed by atoms with Crippen LogP contribution in [0, 0.1) is 0 Å². The molecule has 0 aliphatic carbocycles. The molecule has 1 heterocycles. The number of amides is 1. The number of ether oxygens (including phenoxy) is 1. The molecule has 0 unspecified atom stereocenters. The quantitative estimate of drug-likeness (QED) is 0.552. The van der Waals surface area contributed by atoms with Crippen LogP contribution in [0.25, 0.3) is 0 Å². The molecule has 0 aliphatic rings. The molecule has 1 amide bonds. The Bertz CT molecular complexity index is 561. The predicted molar refractivity (Wildman–Crippen MR) is 78.0 cm³/mol. The molecule has 0 saturated carbocycles. The van der Waals surface area contributed by atoms with Crippen LogP contribution in [0.3, 0.4) is 0 Å². The molecule has 2 rings (SSSR count). The Morgan fingerprint density at radius 3 is 2.80 bits per heavy atom. The summed E-state index contributed by atoms with van der Waals surface area (Å²) in [7, 11) is 1.61. The van der Waals surface area contributed by atoms with Crippen molar-refractivity contribution in [2.24, 2.45) is 5.10 Å². The molecule has 20 heavy (non-hydrogen) atoms. The van der Waals surface area contributed by atoms with Crippen LogP contribution in [0.2, 0.25) is 0 Å². The minimum Gasteiger partial charge on any atom is -0.497 e. The van der Waals surface area contributed by atoms with Crippen molar-refractivity contribution in [1.82, 2.24) is 10.4 Å². The Hall–Kier alpha value is -2.76. The standard InChI is InChI=1S/C14H16N4O2/c1-20-13-6-4-11(5-7-13)16-10-14(19)18-17-9-12-3-2-8-15-12/h2-9,15-16H,10H2,1H3,(H,18,19)/b17-9+. The van der Waals surface area contributed by atoms with E-state index in [1.807, 2.05) is 36.4 Å². The Balaban J connectivity index is 1.74. The van der Waals surface area contributed by atoms with E-state index >= 15 is 0 Å². The lowest BCUT2D eigenvalue weighted by Crippen LogP contribution is -2.25. The van der Waals surface area contributed by atoms with Crippen LogP contribution in [-0.2, 0) is 4.79 Å². The van der Waals surface area contributed by atoms with Gasteiger partial charge in [0.05, 0.1) is 25.6 Å². The molecular weight excluding hydrogens is 256 g/mol. The molecule has 104 valence electrons. The number of benzene rings is 1. The predicted octanol–water partition coefficient (Wildman–Crippen LogP) is 1.59. The number of nitrogens with zero attached hydrogens (tertiary/aromatic N) is 1. The van der Waals surface area contributed by atoms with Gasteiger partial charge in [-0.15, -0.1) is 0 Å². The maximum atomic E-state index is 11.5. The fraction of sp³-hybridized carbons (Fsp3) is 0.143. The van der Waals surface area contributed by atoms with Crippen LogP contribution in [0.4, 0.5) is 5.69 Å². The number of hydrogen-bond acceptors (Lipinski definition) is 4. The van der Waals surface area contributed by atoms with E-state index in [-0.39, 0.29) is 12.5 Å². The van der Waals surface area contributed by atoms with Crippen molar-refractivity contribution in [2.45, 2.75) is 0 Å². The van der Waals surface area contributed by atoms with Gasteiger partial charge in [0, 0.05) is 11.9 Å². The highest BCUT2D eigenvalue weighted by molar-refractivity contribution is 5.83. The number of nitrogens with one attached hydrogen (secondary N) is 3. The zero-order chi connectivity index (χ0) is 14.2. The molecule has 1 aromatic carbocycles. The molecule has 6 heteroatoms. The zero-order valence-electron chi connectivity index (χ0n) is 11.1. The first kappa shape index (κ1) is 13.7. The van der Waals surface area contributed by atoms with Crippen LogP contribution in [-0.4, -0.2) is 30.8 Å². The minimum absolute atomic E-state index is 0.147. The molecule has 0 atom stereocenters. The maximum Gasteiger partial charge on any atom is 0.259 e. The number of hydrogen-bond donors (Lipinski definition) is 3. The van der Waals surface area contributed by atoms with E-state index < -0.39 is 0 Å². The van der Waals surface area contributed by atoms with Gasteiger partial charge < -0.3 is 15.0 Å². The number of aromatic nitrogens is 1. The number of carbonyl (C=O) groups is 1. The molecule has 0 radical (unpaired) electrons. The summed E-state index contributed by atoms with van der Waals surface area (Å²) in [5, 5.41) is 6.83. The Morgan fingerprint density at radius 1 is 1.35 bits per heavy atom. The molecule has 0 spiro atoms. The Labute approximate surface area is 116 Å². The largest absolute Gasteiger partial charge is 0.497 e. The van der Waals surface area contributed by atoms with E-state index in [1.54, 1.807) is 19.5 Å². The average Bonchev–Trinajstić information content (AvgIpc) is 2.99. The summed E-state index contributed by atoms with van der Waals surface area (Å²) in [4.78, 5) is 14.5. The van der Waals surface area contributed by atoms with E-state index in [9.17, 15) is 4.79 Å². The van der Waals surface area contributed by atoms with Gasteiger partial charge in [-0.1, -0.05) is 0 Å². The third-order valence-corrected chi connectivity index (χ3v) is 2.56. The van der Waals surface area contributed by atoms with E-state index in [1.165, 1.54) is 0 Å². The van der Waals surface area contributed by atoms with Crippen LogP contribution < -0.4 is 15.5 Å². The molecule has 1 aromatic heterocycles. The number of anilines is 1. The Kier molecular flexibility index (Phi) is 4.77. The second-order valence-corrected chi connectivity index (χ2v) is 4.00. The van der Waals surface area contributed by atoms with Gasteiger partial charge in [-0.2, -0.15) is 5.10 Å². The summed E-state index contributed by atoms with van der Waals surface area (Å²) in [6.07, 6.45) is 3.33. The van der Waals surface area contributed by atoms with E-state index in [2.05, 4.69) is 20.8 Å². The van der Waals surface area contributed by atoms with Crippen LogP contribution in [0.15, 0.2) is 47.7 Å². The van der Waals surface area contributed by atoms with Gasteiger partial charge in [-0.05, 0) is 36.4 Å². The van der Waals surface area contributed by atoms with Gasteiger partial charge in [0.15, 0.2) is 0 Å². The average molecular weight is 272 g/mol. The fourth-order valence-electron chi connectivity index (χ4n) is 1.53. The highest BCUT2D eigenvalue weighted by Gasteiger charge is 1.99. The fourth-order valence-corrected chi connectivity index (χ4v) is 1.53. The van der Waals surface area contributed by atoms with Gasteiger partial charge in [-0.3, -0.25) is 4.79 Å². The second kappa shape index (κ2) is 6.98. The topological polar surface area (TPSA) is 78.5 Å². The van der Waals surface area contributed by atoms with E-state index in [4.69, 9.17) is 4.74 Å². The van der Waals surface area contributed by atoms with Crippen molar-refractivity contribution in [3.8, 4) is 5.75 Å². The van der Waals surface area contributed by atoms with Crippen molar-refractivity contribution in [2.75, 3.05) is 19.0 Å². The molecular formula is C14H16N4O2. The Morgan fingerprint density at radius 2 is 2.15 bits per heavy atom. The molecule has 0 fully saturated rings. The van der Waals surface area contributed by atoms with Gasteiger partial charge in [0.25, 0.3) is 5.91 Å². The van der Waals surface area contributed by atoms with E-state index in [0.717, 1.165) is 17.1 Å². The van der Waals surface area contributed by atoms with Gasteiger partial charge in [-0.25, -0.2) is 5.43 Å². The maximum absolute atomic E-state index is 11.5. The van der Waals surface area contributed by atoms with Crippen LogP contribution >= 0.6 is 0 Å². The summed E-state index contributed by atoms with van der Waals surface area (Å²) in [5.74, 6) is 0.555. The summed E-state index contributed by atoms with van der Waals surface area (Å²) in [6, 6.07) is 11.0. The zero-order valence-corrected chi connectivity index (χ0v) is 11.1. The lowest BCUT2D eigenvalue weighted by molar-refractivity contribution is -0.119. The third kappa shape index (κ3) is 4.16. The number of hydrazone groups is 1. The van der Waals surface area contributed by atoms with Crippen molar-refractivity contribution in [3.05, 3.63) is 48.3 Å². The van der Waals surface area contributed by atoms with Gasteiger partial charge in [0.2, 0.25) is 0 Å². The first-order valence-electron chi connectivity index (χ1n) is 6.11. The van der Waals surface area contributed by atoms with Crippen LogP contribution in [0.5, 0.6) is 5.75 Å². The van der Waals surface area contributed by atoms with Crippen molar-refractivity contribution >= 4 is 17.8 Å². The molecule has 0 bridgehead atoms. The van der Waals surface area contributed by atoms with Gasteiger partial charge >= 0.3 is 0 Å². The third-order valence-electron chi connectivity index (χ3n) is 2.56. The second-order valence-electron chi connectivity index (χ2n) is 4.00. The number of carbonyl (C=O) groups excluding carboxylic acids is 1. The van der Waals surface area contributed by atoms with Gasteiger partial charge in [0.1, 0.15) is 5.75 Å². The van der Waals surface area contributed by atoms with Crippen molar-refractivity contribution in [3.63, 3.8) is 0 Å². The SMILES string of the molecule is COc1ccc(NCC(=O)N/N=C/c2ccc[nH]2)cc1. The molecule has 0 saturated heterocycles. The minimum atomic E-state index is -0.219. The van der Waals surface area contributed by atoms with E-state index in [0.29, 0.717) is 0 Å². The number of H-pyrrole nitrogens is 1. The summed E-state index contributed by atoms with van der Waals surface area (Å²) >= 11 is 0. The number of rotatable bonds is 6. The lowest BCUT2D eigenvalue weighted by atomic mass is 10.3. The normalized spacial score (nSPS) is 10.4. The number of aromatic amines is 1. The molecule has 0 aliphatic heterocycles. The monoisotopic (exact) mass is 272 g/mol. The number of methoxy groups -OCH3 is 1. The summed E-state index contributed by atoms with van der Waals surface area (Å²) in [5.41, 5.74) is 4.11. The highest BCUT2D eigenvalue weighted by atomic mass is 16.5. The van der Waals surface area contributed by atoms with Crippen molar-refractivity contribution in [1.29, 1.82) is 0 Å². The first-order valence-corrected chi connectivity index (χ1v) is 6.11. The summed E-state index contributed by atoms with van der Waals surface area (Å²) in [6.45, 7) is 0.147. The smallest absolute Gasteiger partial charge is 0.259 e. The lowest BCUT2D eigenvalue weighted by Gasteiger charge is -2.06. The molecule has 6 nitrogen and oxygen atoms in total. The first-order chi connectivity index (χ1) is 9.78. The highest BCUT2D eigenvalue weighted by Crippen LogP contribution is 2.14. The van der Waals surface area contributed by atoms with Crippen LogP contribution in [0.1, 0.15) is 5.69 Å². The molecule has 3 N–H and O–H groups in total. The van der Waals surface area contributed by atoms with Crippen molar-refractivity contribution < 1.29 is 9.53 Å². The summed E-state index contributed by atoms with van der Waals surface area (Å²) < 4.78 is 5.05.